The van der Waals surface area contributed by atoms with E-state index in [9.17, 15) is 4.79 Å². The summed E-state index contributed by atoms with van der Waals surface area (Å²) in [6.07, 6.45) is 9.42. The molecular weight excluding hydrogens is 316 g/mol. The molecule has 0 spiro atoms. The van der Waals surface area contributed by atoms with E-state index in [1.54, 1.807) is 25.6 Å². The molecule has 0 unspecified atom stereocenters. The lowest BCUT2D eigenvalue weighted by atomic mass is 10.1. The molecule has 4 rings (SSSR count). The number of amides is 1. The molecule has 0 aliphatic heterocycles. The summed E-state index contributed by atoms with van der Waals surface area (Å²) < 4.78 is 5.57. The van der Waals surface area contributed by atoms with Gasteiger partial charge in [0.2, 0.25) is 0 Å². The van der Waals surface area contributed by atoms with E-state index >= 15 is 0 Å². The van der Waals surface area contributed by atoms with Gasteiger partial charge in [-0.2, -0.15) is 5.10 Å². The quantitative estimate of drug-likeness (QED) is 0.751. The maximum atomic E-state index is 12.5. The van der Waals surface area contributed by atoms with Crippen LogP contribution in [-0.2, 0) is 0 Å². The van der Waals surface area contributed by atoms with Gasteiger partial charge >= 0.3 is 0 Å². The van der Waals surface area contributed by atoms with Crippen LogP contribution in [0.15, 0.2) is 36.7 Å². The van der Waals surface area contributed by atoms with Crippen molar-refractivity contribution in [3.8, 4) is 5.75 Å². The van der Waals surface area contributed by atoms with E-state index in [4.69, 9.17) is 4.74 Å². The third kappa shape index (κ3) is 3.10. The molecule has 1 aliphatic rings. The minimum absolute atomic E-state index is 0.105. The van der Waals surface area contributed by atoms with Gasteiger partial charge in [-0.1, -0.05) is 6.08 Å². The fourth-order valence-electron chi connectivity index (χ4n) is 2.76. The van der Waals surface area contributed by atoms with E-state index < -0.39 is 0 Å². The molecule has 1 aromatic carbocycles. The smallest absolute Gasteiger partial charge is 0.255 e. The van der Waals surface area contributed by atoms with Gasteiger partial charge in [0.25, 0.3) is 5.91 Å². The maximum Gasteiger partial charge on any atom is 0.255 e. The number of aromatic nitrogens is 3. The first-order valence-electron chi connectivity index (χ1n) is 8.20. The van der Waals surface area contributed by atoms with Crippen molar-refractivity contribution in [2.24, 2.45) is 0 Å². The third-order valence-corrected chi connectivity index (χ3v) is 4.21. The number of ether oxygens (including phenoxy) is 1. The molecule has 25 heavy (non-hydrogen) atoms. The Morgan fingerprint density at radius 2 is 2.04 bits per heavy atom. The molecule has 1 fully saturated rings. The van der Waals surface area contributed by atoms with E-state index in [-0.39, 0.29) is 5.91 Å². The van der Waals surface area contributed by atoms with Gasteiger partial charge < -0.3 is 10.1 Å². The maximum absolute atomic E-state index is 12.5. The standard InChI is InChI=1S/C19H18N4O2/c1-25-18-14(19(24)21-13-3-4-13)5-7-16-17(18)15(22-23-16)6-2-12-8-10-20-11-9-12/h2,5-11,13H,3-4H2,1H3,(H,21,24)(H,22,23). The SMILES string of the molecule is COc1c(C(=O)NC2CC2)ccc2[nH]nc(C=Cc3ccncc3)c12. The molecule has 0 bridgehead atoms. The van der Waals surface area contributed by atoms with Crippen molar-refractivity contribution in [2.45, 2.75) is 18.9 Å². The van der Waals surface area contributed by atoms with Crippen molar-refractivity contribution < 1.29 is 9.53 Å². The number of fused-ring (bicyclic) bond motifs is 1. The average molecular weight is 334 g/mol. The molecular formula is C19H18N4O2. The number of H-pyrrole nitrogens is 1. The van der Waals surface area contributed by atoms with Crippen molar-refractivity contribution in [3.05, 3.63) is 53.5 Å². The molecule has 2 aromatic heterocycles. The Labute approximate surface area is 144 Å². The highest BCUT2D eigenvalue weighted by Crippen LogP contribution is 2.33. The topological polar surface area (TPSA) is 79.9 Å². The van der Waals surface area contributed by atoms with Gasteiger partial charge in [0.1, 0.15) is 5.75 Å². The molecule has 2 heterocycles. The molecule has 126 valence electrons. The Bertz CT molecular complexity index is 943. The number of hydrogen-bond acceptors (Lipinski definition) is 4. The highest BCUT2D eigenvalue weighted by Gasteiger charge is 2.26. The molecule has 6 nitrogen and oxygen atoms in total. The van der Waals surface area contributed by atoms with Gasteiger partial charge in [-0.05, 0) is 48.7 Å². The zero-order valence-electron chi connectivity index (χ0n) is 13.8. The highest BCUT2D eigenvalue weighted by atomic mass is 16.5. The Kier molecular flexibility index (Phi) is 3.93. The van der Waals surface area contributed by atoms with Gasteiger partial charge in [0.05, 0.1) is 29.3 Å². The number of nitrogens with one attached hydrogen (secondary N) is 2. The summed E-state index contributed by atoms with van der Waals surface area (Å²) in [7, 11) is 1.58. The predicted molar refractivity (Wildman–Crippen MR) is 96.3 cm³/mol. The number of pyridine rings is 1. The molecule has 6 heteroatoms. The second-order valence-electron chi connectivity index (χ2n) is 6.04. The van der Waals surface area contributed by atoms with Crippen molar-refractivity contribution >= 4 is 29.0 Å². The first-order chi connectivity index (χ1) is 12.3. The number of methoxy groups -OCH3 is 1. The number of aromatic amines is 1. The number of carbonyl (C=O) groups excluding carboxylic acids is 1. The number of nitrogens with zero attached hydrogens (tertiary/aromatic N) is 2. The molecule has 3 aromatic rings. The Hall–Kier alpha value is -3.15. The normalized spacial score (nSPS) is 14.1. The zero-order valence-corrected chi connectivity index (χ0v) is 13.8. The van der Waals surface area contributed by atoms with Crippen LogP contribution in [0.3, 0.4) is 0 Å². The lowest BCUT2D eigenvalue weighted by molar-refractivity contribution is 0.0948. The van der Waals surface area contributed by atoms with Gasteiger partial charge in [-0.15, -0.1) is 0 Å². The summed E-state index contributed by atoms with van der Waals surface area (Å²) >= 11 is 0. The molecule has 1 saturated carbocycles. The number of hydrogen-bond donors (Lipinski definition) is 2. The summed E-state index contributed by atoms with van der Waals surface area (Å²) in [4.78, 5) is 16.5. The van der Waals surface area contributed by atoms with Gasteiger partial charge in [0.15, 0.2) is 0 Å². The average Bonchev–Trinajstić information content (AvgIpc) is 3.36. The predicted octanol–water partition coefficient (Wildman–Crippen LogP) is 3.03. The second-order valence-corrected chi connectivity index (χ2v) is 6.04. The molecule has 2 N–H and O–H groups in total. The minimum Gasteiger partial charge on any atom is -0.495 e. The van der Waals surface area contributed by atoms with Crippen molar-refractivity contribution in [2.75, 3.05) is 7.11 Å². The van der Waals surface area contributed by atoms with Crippen LogP contribution in [0.25, 0.3) is 23.1 Å². The lowest BCUT2D eigenvalue weighted by Gasteiger charge is -2.10. The van der Waals surface area contributed by atoms with Crippen LogP contribution >= 0.6 is 0 Å². The first-order valence-corrected chi connectivity index (χ1v) is 8.20. The summed E-state index contributed by atoms with van der Waals surface area (Å²) in [6, 6.07) is 7.75. The van der Waals surface area contributed by atoms with Crippen LogP contribution in [0.1, 0.15) is 34.5 Å². The minimum atomic E-state index is -0.105. The molecule has 0 saturated heterocycles. The Morgan fingerprint density at radius 1 is 1.24 bits per heavy atom. The summed E-state index contributed by atoms with van der Waals surface area (Å²) in [5.41, 5.74) is 3.11. The van der Waals surface area contributed by atoms with E-state index in [0.717, 1.165) is 35.0 Å². The van der Waals surface area contributed by atoms with Crippen LogP contribution in [0.4, 0.5) is 0 Å². The molecule has 0 atom stereocenters. The molecule has 1 aliphatic carbocycles. The van der Waals surface area contributed by atoms with Gasteiger partial charge in [0, 0.05) is 18.4 Å². The monoisotopic (exact) mass is 334 g/mol. The third-order valence-electron chi connectivity index (χ3n) is 4.21. The van der Waals surface area contributed by atoms with E-state index in [2.05, 4.69) is 20.5 Å². The van der Waals surface area contributed by atoms with E-state index in [1.165, 1.54) is 0 Å². The fraction of sp³-hybridized carbons (Fsp3) is 0.211. The Balaban J connectivity index is 1.75. The van der Waals surface area contributed by atoms with Crippen LogP contribution in [0, 0.1) is 0 Å². The van der Waals surface area contributed by atoms with Crippen LogP contribution in [-0.4, -0.2) is 34.2 Å². The number of benzene rings is 1. The van der Waals surface area contributed by atoms with Gasteiger partial charge in [-0.3, -0.25) is 14.9 Å². The Morgan fingerprint density at radius 3 is 2.76 bits per heavy atom. The van der Waals surface area contributed by atoms with Crippen molar-refractivity contribution in [1.29, 1.82) is 0 Å². The molecule has 0 radical (unpaired) electrons. The largest absolute Gasteiger partial charge is 0.495 e. The number of rotatable bonds is 5. The van der Waals surface area contributed by atoms with Crippen molar-refractivity contribution in [1.82, 2.24) is 20.5 Å². The summed E-state index contributed by atoms with van der Waals surface area (Å²) in [5, 5.41) is 11.2. The molecule has 1 amide bonds. The van der Waals surface area contributed by atoms with E-state index in [1.807, 2.05) is 30.4 Å². The first kappa shape index (κ1) is 15.4. The van der Waals surface area contributed by atoms with Crippen LogP contribution < -0.4 is 10.1 Å². The van der Waals surface area contributed by atoms with Crippen molar-refractivity contribution in [3.63, 3.8) is 0 Å². The summed E-state index contributed by atoms with van der Waals surface area (Å²) in [6.45, 7) is 0. The highest BCUT2D eigenvalue weighted by molar-refractivity contribution is 6.05. The van der Waals surface area contributed by atoms with Crippen LogP contribution in [0.2, 0.25) is 0 Å². The summed E-state index contributed by atoms with van der Waals surface area (Å²) in [5.74, 6) is 0.435. The van der Waals surface area contributed by atoms with Crippen LogP contribution in [0.5, 0.6) is 5.75 Å². The lowest BCUT2D eigenvalue weighted by Crippen LogP contribution is -2.25. The zero-order chi connectivity index (χ0) is 17.2. The van der Waals surface area contributed by atoms with Gasteiger partial charge in [-0.25, -0.2) is 0 Å². The van der Waals surface area contributed by atoms with E-state index in [0.29, 0.717) is 17.4 Å². The number of carbonyl (C=O) groups is 1. The fourth-order valence-corrected chi connectivity index (χ4v) is 2.76. The second kappa shape index (κ2) is 6.39.